The number of thiazole rings is 1. The molecule has 0 bridgehead atoms. The second-order valence-corrected chi connectivity index (χ2v) is 4.87. The minimum absolute atomic E-state index is 0.570. The Morgan fingerprint density at radius 2 is 2.31 bits per heavy atom. The summed E-state index contributed by atoms with van der Waals surface area (Å²) in [6, 6.07) is 0. The van der Waals surface area contributed by atoms with E-state index in [0.717, 1.165) is 35.5 Å². The van der Waals surface area contributed by atoms with Crippen molar-refractivity contribution in [2.75, 3.05) is 11.4 Å². The summed E-state index contributed by atoms with van der Waals surface area (Å²) < 4.78 is 2.19. The minimum Gasteiger partial charge on any atom is -0.339 e. The summed E-state index contributed by atoms with van der Waals surface area (Å²) in [6.45, 7) is 3.37. The van der Waals surface area contributed by atoms with E-state index >= 15 is 0 Å². The van der Waals surface area contributed by atoms with Crippen LogP contribution in [-0.4, -0.2) is 21.1 Å². The molecule has 0 amide bonds. The molecule has 6 heteroatoms. The average Bonchev–Trinajstić information content (AvgIpc) is 2.96. The third kappa shape index (κ3) is 1.60. The monoisotopic (exact) mass is 235 g/mol. The second kappa shape index (κ2) is 3.88. The molecule has 2 N–H and O–H groups in total. The Balaban J connectivity index is 1.83. The number of anilines is 1. The maximum atomic E-state index is 5.59. The lowest BCUT2D eigenvalue weighted by molar-refractivity contribution is 0.559. The van der Waals surface area contributed by atoms with Crippen molar-refractivity contribution >= 4 is 16.5 Å². The molecule has 0 radical (unpaired) electrons. The molecule has 5 nitrogen and oxygen atoms in total. The summed E-state index contributed by atoms with van der Waals surface area (Å²) in [4.78, 5) is 12.1. The number of nitrogens with two attached hydrogens (primary N) is 1. The molecule has 16 heavy (non-hydrogen) atoms. The van der Waals surface area contributed by atoms with Crippen LogP contribution in [0.3, 0.4) is 0 Å². The highest BCUT2D eigenvalue weighted by molar-refractivity contribution is 7.15. The van der Waals surface area contributed by atoms with Crippen LogP contribution in [0.4, 0.5) is 5.13 Å². The number of aromatic nitrogens is 3. The SMILES string of the molecule is NCc1cnc(N2CCn3ccnc3C2)s1. The van der Waals surface area contributed by atoms with Gasteiger partial charge in [-0.2, -0.15) is 0 Å². The summed E-state index contributed by atoms with van der Waals surface area (Å²) in [5.74, 6) is 1.11. The van der Waals surface area contributed by atoms with Crippen molar-refractivity contribution in [1.29, 1.82) is 0 Å². The first-order chi connectivity index (χ1) is 7.86. The highest BCUT2D eigenvalue weighted by Crippen LogP contribution is 2.25. The van der Waals surface area contributed by atoms with E-state index in [1.807, 2.05) is 18.6 Å². The van der Waals surface area contributed by atoms with Gasteiger partial charge in [-0.05, 0) is 0 Å². The van der Waals surface area contributed by atoms with E-state index in [0.29, 0.717) is 6.54 Å². The van der Waals surface area contributed by atoms with Gasteiger partial charge in [0.05, 0.1) is 6.54 Å². The Bertz CT molecular complexity index is 489. The summed E-state index contributed by atoms with van der Waals surface area (Å²) >= 11 is 1.67. The lowest BCUT2D eigenvalue weighted by Crippen LogP contribution is -2.33. The molecule has 2 aromatic rings. The molecule has 0 unspecified atom stereocenters. The Morgan fingerprint density at radius 3 is 3.12 bits per heavy atom. The molecule has 0 aromatic carbocycles. The van der Waals surface area contributed by atoms with Crippen LogP contribution in [-0.2, 0) is 19.6 Å². The van der Waals surface area contributed by atoms with Crippen molar-refractivity contribution in [3.8, 4) is 0 Å². The zero-order valence-electron chi connectivity index (χ0n) is 8.83. The largest absolute Gasteiger partial charge is 0.339 e. The number of nitrogens with zero attached hydrogens (tertiary/aromatic N) is 4. The van der Waals surface area contributed by atoms with Crippen molar-refractivity contribution in [3.05, 3.63) is 29.3 Å². The predicted octanol–water partition coefficient (Wildman–Crippen LogP) is 0.818. The van der Waals surface area contributed by atoms with Gasteiger partial charge in [-0.25, -0.2) is 9.97 Å². The van der Waals surface area contributed by atoms with Crippen molar-refractivity contribution in [3.63, 3.8) is 0 Å². The Kier molecular flexibility index (Phi) is 2.37. The molecule has 0 spiro atoms. The first kappa shape index (κ1) is 9.80. The second-order valence-electron chi connectivity index (χ2n) is 3.77. The van der Waals surface area contributed by atoms with Gasteiger partial charge in [0.15, 0.2) is 5.13 Å². The van der Waals surface area contributed by atoms with E-state index in [4.69, 9.17) is 5.73 Å². The molecule has 0 atom stereocenters. The van der Waals surface area contributed by atoms with Crippen molar-refractivity contribution in [1.82, 2.24) is 14.5 Å². The van der Waals surface area contributed by atoms with Crippen molar-refractivity contribution in [2.24, 2.45) is 5.73 Å². The number of fused-ring (bicyclic) bond motifs is 1. The molecule has 0 saturated carbocycles. The molecule has 84 valence electrons. The van der Waals surface area contributed by atoms with E-state index in [-0.39, 0.29) is 0 Å². The van der Waals surface area contributed by atoms with Gasteiger partial charge in [-0.1, -0.05) is 0 Å². The zero-order chi connectivity index (χ0) is 11.0. The van der Waals surface area contributed by atoms with Gasteiger partial charge in [-0.15, -0.1) is 11.3 Å². The summed E-state index contributed by atoms with van der Waals surface area (Å²) in [6.07, 6.45) is 5.74. The maximum absolute atomic E-state index is 5.59. The standard InChI is InChI=1S/C10H13N5S/c11-5-8-6-13-10(16-8)15-4-3-14-2-1-12-9(14)7-15/h1-2,6H,3-5,7,11H2. The van der Waals surface area contributed by atoms with Gasteiger partial charge in [0.2, 0.25) is 0 Å². The summed E-state index contributed by atoms with van der Waals surface area (Å²) in [7, 11) is 0. The minimum atomic E-state index is 0.570. The molecular formula is C10H13N5S. The van der Waals surface area contributed by atoms with E-state index in [1.54, 1.807) is 11.3 Å². The fourth-order valence-electron chi connectivity index (χ4n) is 1.87. The molecular weight excluding hydrogens is 222 g/mol. The number of imidazole rings is 1. The smallest absolute Gasteiger partial charge is 0.186 e. The molecule has 1 aliphatic heterocycles. The van der Waals surface area contributed by atoms with Gasteiger partial charge < -0.3 is 15.2 Å². The van der Waals surface area contributed by atoms with Crippen LogP contribution in [0.5, 0.6) is 0 Å². The predicted molar refractivity (Wildman–Crippen MR) is 63.3 cm³/mol. The van der Waals surface area contributed by atoms with Crippen LogP contribution in [0.2, 0.25) is 0 Å². The molecule has 3 heterocycles. The van der Waals surface area contributed by atoms with Crippen LogP contribution in [0.1, 0.15) is 10.7 Å². The molecule has 1 aliphatic rings. The van der Waals surface area contributed by atoms with Crippen LogP contribution < -0.4 is 10.6 Å². The maximum Gasteiger partial charge on any atom is 0.186 e. The Morgan fingerprint density at radius 1 is 1.38 bits per heavy atom. The van der Waals surface area contributed by atoms with Gasteiger partial charge in [-0.3, -0.25) is 0 Å². The molecule has 0 aliphatic carbocycles. The molecule has 0 fully saturated rings. The lowest BCUT2D eigenvalue weighted by atomic mass is 10.4. The highest BCUT2D eigenvalue weighted by Gasteiger charge is 2.18. The molecule has 2 aromatic heterocycles. The van der Waals surface area contributed by atoms with E-state index in [1.165, 1.54) is 0 Å². The third-order valence-electron chi connectivity index (χ3n) is 2.76. The fraction of sp³-hybridized carbons (Fsp3) is 0.400. The fourth-order valence-corrected chi connectivity index (χ4v) is 2.69. The van der Waals surface area contributed by atoms with Crippen LogP contribution in [0.25, 0.3) is 0 Å². The van der Waals surface area contributed by atoms with Crippen LogP contribution >= 0.6 is 11.3 Å². The normalized spacial score (nSPS) is 15.2. The Hall–Kier alpha value is -1.40. The first-order valence-electron chi connectivity index (χ1n) is 5.26. The molecule has 0 saturated heterocycles. The number of rotatable bonds is 2. The first-order valence-corrected chi connectivity index (χ1v) is 6.08. The summed E-state index contributed by atoms with van der Waals surface area (Å²) in [5.41, 5.74) is 5.59. The van der Waals surface area contributed by atoms with Crippen molar-refractivity contribution < 1.29 is 0 Å². The van der Waals surface area contributed by atoms with Gasteiger partial charge in [0, 0.05) is 43.1 Å². The van der Waals surface area contributed by atoms with Crippen LogP contribution in [0.15, 0.2) is 18.6 Å². The van der Waals surface area contributed by atoms with E-state index in [2.05, 4.69) is 19.4 Å². The van der Waals surface area contributed by atoms with Crippen LogP contribution in [0, 0.1) is 0 Å². The quantitative estimate of drug-likeness (QED) is 0.837. The number of hydrogen-bond acceptors (Lipinski definition) is 5. The molecule has 3 rings (SSSR count). The zero-order valence-corrected chi connectivity index (χ0v) is 9.65. The topological polar surface area (TPSA) is 60.0 Å². The van der Waals surface area contributed by atoms with Gasteiger partial charge in [0.25, 0.3) is 0 Å². The van der Waals surface area contributed by atoms with Gasteiger partial charge in [0.1, 0.15) is 5.82 Å². The average molecular weight is 235 g/mol. The van der Waals surface area contributed by atoms with Gasteiger partial charge >= 0.3 is 0 Å². The van der Waals surface area contributed by atoms with E-state index < -0.39 is 0 Å². The highest BCUT2D eigenvalue weighted by atomic mass is 32.1. The Labute approximate surface area is 97.5 Å². The van der Waals surface area contributed by atoms with Crippen molar-refractivity contribution in [2.45, 2.75) is 19.6 Å². The lowest BCUT2D eigenvalue weighted by Gasteiger charge is -2.27. The van der Waals surface area contributed by atoms with E-state index in [9.17, 15) is 0 Å². The number of hydrogen-bond donors (Lipinski definition) is 1. The summed E-state index contributed by atoms with van der Waals surface area (Å²) in [5, 5.41) is 1.05. The third-order valence-corrected chi connectivity index (χ3v) is 3.84.